The normalized spacial score (nSPS) is 11.8. The first-order chi connectivity index (χ1) is 8.78. The van der Waals surface area contributed by atoms with Crippen LogP contribution in [0.5, 0.6) is 0 Å². The first-order valence-electron chi connectivity index (χ1n) is 6.44. The number of hydrogen-bond acceptors (Lipinski definition) is 2. The number of nitrogens with two attached hydrogens (primary N) is 1. The van der Waals surface area contributed by atoms with E-state index in [2.05, 4.69) is 17.2 Å². The number of rotatable bonds is 3. The lowest BCUT2D eigenvalue weighted by molar-refractivity contribution is 0.0946. The summed E-state index contributed by atoms with van der Waals surface area (Å²) in [6.07, 6.45) is 0. The molecule has 0 saturated heterocycles. The summed E-state index contributed by atoms with van der Waals surface area (Å²) in [5, 5.41) is 3.95. The third kappa shape index (κ3) is 2.96. The first-order valence-corrected chi connectivity index (χ1v) is 6.44. The van der Waals surface area contributed by atoms with Crippen LogP contribution in [0.2, 0.25) is 0 Å². The number of aromatic amines is 1. The quantitative estimate of drug-likeness (QED) is 0.791. The Balaban J connectivity index is 2.25. The fraction of sp³-hybridized carbons (Fsp3) is 0.400. The fourth-order valence-electron chi connectivity index (χ4n) is 2.01. The van der Waals surface area contributed by atoms with Crippen LogP contribution in [0.25, 0.3) is 10.9 Å². The van der Waals surface area contributed by atoms with Crippen molar-refractivity contribution in [1.29, 1.82) is 0 Å². The Bertz CT molecular complexity index is 620. The molecule has 0 aliphatic heterocycles. The van der Waals surface area contributed by atoms with Crippen molar-refractivity contribution >= 4 is 16.8 Å². The molecule has 2 aromatic rings. The summed E-state index contributed by atoms with van der Waals surface area (Å²) in [4.78, 5) is 15.4. The number of H-pyrrole nitrogens is 1. The van der Waals surface area contributed by atoms with E-state index in [9.17, 15) is 4.79 Å². The molecule has 0 spiro atoms. The van der Waals surface area contributed by atoms with Gasteiger partial charge in [-0.15, -0.1) is 0 Å². The summed E-state index contributed by atoms with van der Waals surface area (Å²) in [7, 11) is 0. The number of benzene rings is 1. The molecule has 102 valence electrons. The second kappa shape index (κ2) is 4.70. The van der Waals surface area contributed by atoms with Crippen LogP contribution in [0.3, 0.4) is 0 Å². The van der Waals surface area contributed by atoms with E-state index in [-0.39, 0.29) is 5.91 Å². The highest BCUT2D eigenvalue weighted by Crippen LogP contribution is 2.22. The molecule has 0 bridgehead atoms. The SMILES string of the molecule is Cc1[nH]c2ccc(C(=O)NCC(C)(C)N)cc2c1C. The van der Waals surface area contributed by atoms with E-state index in [1.165, 1.54) is 5.56 Å². The zero-order valence-electron chi connectivity index (χ0n) is 11.9. The van der Waals surface area contributed by atoms with Crippen molar-refractivity contribution in [3.8, 4) is 0 Å². The molecule has 0 saturated carbocycles. The van der Waals surface area contributed by atoms with Gasteiger partial charge < -0.3 is 16.0 Å². The summed E-state index contributed by atoms with van der Waals surface area (Å²) in [6.45, 7) is 8.31. The number of nitrogens with one attached hydrogen (secondary N) is 2. The zero-order chi connectivity index (χ0) is 14.2. The number of amides is 1. The van der Waals surface area contributed by atoms with Gasteiger partial charge in [0.05, 0.1) is 0 Å². The van der Waals surface area contributed by atoms with Gasteiger partial charge in [0.2, 0.25) is 0 Å². The van der Waals surface area contributed by atoms with E-state index in [1.54, 1.807) is 0 Å². The topological polar surface area (TPSA) is 70.9 Å². The molecule has 19 heavy (non-hydrogen) atoms. The van der Waals surface area contributed by atoms with Crippen LogP contribution in [0.1, 0.15) is 35.5 Å². The van der Waals surface area contributed by atoms with E-state index < -0.39 is 5.54 Å². The number of hydrogen-bond donors (Lipinski definition) is 3. The lowest BCUT2D eigenvalue weighted by atomic mass is 10.1. The second-order valence-electron chi connectivity index (χ2n) is 5.81. The highest BCUT2D eigenvalue weighted by Gasteiger charge is 2.14. The van der Waals surface area contributed by atoms with Gasteiger partial charge >= 0.3 is 0 Å². The van der Waals surface area contributed by atoms with Crippen molar-refractivity contribution in [1.82, 2.24) is 10.3 Å². The average molecular weight is 259 g/mol. The third-order valence-electron chi connectivity index (χ3n) is 3.27. The summed E-state index contributed by atoms with van der Waals surface area (Å²) in [5.74, 6) is -0.0846. The molecule has 4 heteroatoms. The summed E-state index contributed by atoms with van der Waals surface area (Å²) in [6, 6.07) is 5.70. The number of carbonyl (C=O) groups excluding carboxylic acids is 1. The van der Waals surface area contributed by atoms with Crippen molar-refractivity contribution in [2.45, 2.75) is 33.2 Å². The van der Waals surface area contributed by atoms with Crippen molar-refractivity contribution in [3.05, 3.63) is 35.0 Å². The number of aromatic nitrogens is 1. The molecule has 0 atom stereocenters. The lowest BCUT2D eigenvalue weighted by Crippen LogP contribution is -2.45. The second-order valence-corrected chi connectivity index (χ2v) is 5.81. The van der Waals surface area contributed by atoms with Gasteiger partial charge in [0.25, 0.3) is 5.91 Å². The molecule has 1 heterocycles. The van der Waals surface area contributed by atoms with Gasteiger partial charge in [-0.1, -0.05) is 0 Å². The Labute approximate surface area is 113 Å². The highest BCUT2D eigenvalue weighted by molar-refractivity contribution is 5.99. The van der Waals surface area contributed by atoms with Gasteiger partial charge in [0.1, 0.15) is 0 Å². The van der Waals surface area contributed by atoms with Crippen LogP contribution in [0.4, 0.5) is 0 Å². The molecule has 4 N–H and O–H groups in total. The standard InChI is InChI=1S/C15H21N3O/c1-9-10(2)18-13-6-5-11(7-12(9)13)14(19)17-8-15(3,4)16/h5-7,18H,8,16H2,1-4H3,(H,17,19). The first kappa shape index (κ1) is 13.6. The summed E-state index contributed by atoms with van der Waals surface area (Å²) in [5.41, 5.74) is 9.50. The molecule has 0 aliphatic carbocycles. The van der Waals surface area contributed by atoms with Crippen LogP contribution in [0, 0.1) is 13.8 Å². The lowest BCUT2D eigenvalue weighted by Gasteiger charge is -2.18. The van der Waals surface area contributed by atoms with Crippen molar-refractivity contribution < 1.29 is 4.79 Å². The van der Waals surface area contributed by atoms with E-state index in [1.807, 2.05) is 39.0 Å². The predicted octanol–water partition coefficient (Wildman–Crippen LogP) is 2.25. The average Bonchev–Trinajstić information content (AvgIpc) is 2.61. The molecule has 1 amide bonds. The zero-order valence-corrected chi connectivity index (χ0v) is 11.9. The van der Waals surface area contributed by atoms with Gasteiger partial charge in [-0.3, -0.25) is 4.79 Å². The molecule has 2 rings (SSSR count). The third-order valence-corrected chi connectivity index (χ3v) is 3.27. The molecule has 1 aromatic carbocycles. The molecular formula is C15H21N3O. The maximum atomic E-state index is 12.1. The van der Waals surface area contributed by atoms with E-state index in [4.69, 9.17) is 5.73 Å². The van der Waals surface area contributed by atoms with E-state index in [0.29, 0.717) is 12.1 Å². The van der Waals surface area contributed by atoms with E-state index >= 15 is 0 Å². The summed E-state index contributed by atoms with van der Waals surface area (Å²) < 4.78 is 0. The highest BCUT2D eigenvalue weighted by atomic mass is 16.1. The van der Waals surface area contributed by atoms with Crippen molar-refractivity contribution in [2.24, 2.45) is 5.73 Å². The van der Waals surface area contributed by atoms with Gasteiger partial charge in [-0.25, -0.2) is 0 Å². The van der Waals surface area contributed by atoms with E-state index in [0.717, 1.165) is 16.6 Å². The Morgan fingerprint density at radius 1 is 1.37 bits per heavy atom. The smallest absolute Gasteiger partial charge is 0.251 e. The number of carbonyl (C=O) groups is 1. The Morgan fingerprint density at radius 2 is 2.05 bits per heavy atom. The van der Waals surface area contributed by atoms with Crippen LogP contribution >= 0.6 is 0 Å². The molecular weight excluding hydrogens is 238 g/mol. The molecule has 0 aliphatic rings. The van der Waals surface area contributed by atoms with Gasteiger partial charge in [0.15, 0.2) is 0 Å². The monoisotopic (exact) mass is 259 g/mol. The molecule has 0 fully saturated rings. The number of fused-ring (bicyclic) bond motifs is 1. The Morgan fingerprint density at radius 3 is 2.68 bits per heavy atom. The molecule has 0 radical (unpaired) electrons. The van der Waals surface area contributed by atoms with Crippen molar-refractivity contribution in [2.75, 3.05) is 6.54 Å². The Hall–Kier alpha value is -1.81. The molecule has 1 aromatic heterocycles. The maximum absolute atomic E-state index is 12.1. The minimum atomic E-state index is -0.402. The maximum Gasteiger partial charge on any atom is 0.251 e. The Kier molecular flexibility index (Phi) is 3.37. The minimum Gasteiger partial charge on any atom is -0.358 e. The van der Waals surface area contributed by atoms with Crippen LogP contribution in [0.15, 0.2) is 18.2 Å². The largest absolute Gasteiger partial charge is 0.358 e. The van der Waals surface area contributed by atoms with Gasteiger partial charge in [-0.05, 0) is 51.5 Å². The number of aryl methyl sites for hydroxylation is 2. The van der Waals surface area contributed by atoms with Crippen molar-refractivity contribution in [3.63, 3.8) is 0 Å². The van der Waals surface area contributed by atoms with Crippen LogP contribution in [-0.4, -0.2) is 23.0 Å². The summed E-state index contributed by atoms with van der Waals surface area (Å²) >= 11 is 0. The predicted molar refractivity (Wildman–Crippen MR) is 78.4 cm³/mol. The van der Waals surface area contributed by atoms with Crippen LogP contribution < -0.4 is 11.1 Å². The molecule has 0 unspecified atom stereocenters. The minimum absolute atomic E-state index is 0.0846. The fourth-order valence-corrected chi connectivity index (χ4v) is 2.01. The van der Waals surface area contributed by atoms with Gasteiger partial charge in [-0.2, -0.15) is 0 Å². The molecule has 4 nitrogen and oxygen atoms in total. The van der Waals surface area contributed by atoms with Gasteiger partial charge in [0, 0.05) is 34.2 Å². The van der Waals surface area contributed by atoms with Crippen LogP contribution in [-0.2, 0) is 0 Å².